The first-order chi connectivity index (χ1) is 9.74. The molecule has 2 aromatic rings. The second-order valence-electron chi connectivity index (χ2n) is 5.46. The van der Waals surface area contributed by atoms with Crippen molar-refractivity contribution in [3.05, 3.63) is 11.9 Å². The SMILES string of the molecule is Nc1nc(NC2CC2)c2ncn(C=C3CC3CO)c2n1. The molecule has 0 aliphatic heterocycles. The molecule has 2 aliphatic carbocycles. The van der Waals surface area contributed by atoms with E-state index in [1.807, 2.05) is 10.8 Å². The second-order valence-corrected chi connectivity index (χ2v) is 5.46. The normalized spacial score (nSPS) is 23.4. The van der Waals surface area contributed by atoms with Crippen molar-refractivity contribution in [3.63, 3.8) is 0 Å². The highest BCUT2D eigenvalue weighted by Gasteiger charge is 2.29. The lowest BCUT2D eigenvalue weighted by Gasteiger charge is -2.05. The highest BCUT2D eigenvalue weighted by Crippen LogP contribution is 2.38. The molecule has 0 aromatic carbocycles. The van der Waals surface area contributed by atoms with E-state index in [1.165, 1.54) is 5.57 Å². The molecule has 2 fully saturated rings. The van der Waals surface area contributed by atoms with E-state index in [0.29, 0.717) is 17.5 Å². The molecule has 104 valence electrons. The smallest absolute Gasteiger partial charge is 0.224 e. The summed E-state index contributed by atoms with van der Waals surface area (Å²) in [6, 6.07) is 0.484. The van der Waals surface area contributed by atoms with E-state index in [2.05, 4.69) is 20.3 Å². The molecule has 1 unspecified atom stereocenters. The van der Waals surface area contributed by atoms with Crippen molar-refractivity contribution in [3.8, 4) is 0 Å². The zero-order valence-electron chi connectivity index (χ0n) is 11.0. The van der Waals surface area contributed by atoms with Gasteiger partial charge in [-0.2, -0.15) is 9.97 Å². The summed E-state index contributed by atoms with van der Waals surface area (Å²) in [6.07, 6.45) is 6.95. The van der Waals surface area contributed by atoms with Crippen LogP contribution >= 0.6 is 0 Å². The summed E-state index contributed by atoms with van der Waals surface area (Å²) in [5.41, 5.74) is 8.44. The molecule has 2 heterocycles. The summed E-state index contributed by atoms with van der Waals surface area (Å²) in [6.45, 7) is 0.198. The molecule has 0 amide bonds. The van der Waals surface area contributed by atoms with Crippen LogP contribution in [-0.4, -0.2) is 37.3 Å². The van der Waals surface area contributed by atoms with Gasteiger partial charge in [-0.25, -0.2) is 4.98 Å². The maximum atomic E-state index is 9.09. The summed E-state index contributed by atoms with van der Waals surface area (Å²) >= 11 is 0. The van der Waals surface area contributed by atoms with Crippen LogP contribution in [-0.2, 0) is 0 Å². The predicted octanol–water partition coefficient (Wildman–Crippen LogP) is 0.836. The molecule has 7 heteroatoms. The number of aliphatic hydroxyl groups excluding tert-OH is 1. The Morgan fingerprint density at radius 2 is 2.30 bits per heavy atom. The third kappa shape index (κ3) is 2.00. The fourth-order valence-electron chi connectivity index (χ4n) is 2.29. The molecule has 0 bridgehead atoms. The van der Waals surface area contributed by atoms with Crippen molar-refractivity contribution in [2.24, 2.45) is 5.92 Å². The van der Waals surface area contributed by atoms with E-state index < -0.39 is 0 Å². The number of nitrogens with zero attached hydrogens (tertiary/aromatic N) is 4. The number of aliphatic hydroxyl groups is 1. The van der Waals surface area contributed by atoms with Gasteiger partial charge in [0.2, 0.25) is 5.95 Å². The summed E-state index contributed by atoms with van der Waals surface area (Å²) < 4.78 is 1.86. The van der Waals surface area contributed by atoms with Crippen LogP contribution < -0.4 is 11.1 Å². The molecule has 4 rings (SSSR count). The van der Waals surface area contributed by atoms with Crippen LogP contribution in [0.5, 0.6) is 0 Å². The first-order valence-corrected chi connectivity index (χ1v) is 6.82. The second kappa shape index (κ2) is 4.17. The van der Waals surface area contributed by atoms with Gasteiger partial charge in [0.15, 0.2) is 17.0 Å². The van der Waals surface area contributed by atoms with Crippen LogP contribution in [0.4, 0.5) is 11.8 Å². The van der Waals surface area contributed by atoms with Crippen molar-refractivity contribution in [2.45, 2.75) is 25.3 Å². The average molecular weight is 272 g/mol. The number of nitrogen functional groups attached to an aromatic ring is 1. The van der Waals surface area contributed by atoms with Crippen LogP contribution in [0.25, 0.3) is 17.4 Å². The fraction of sp³-hybridized carbons (Fsp3) is 0.462. The molecule has 0 spiro atoms. The quantitative estimate of drug-likeness (QED) is 0.762. The van der Waals surface area contributed by atoms with Crippen molar-refractivity contribution in [2.75, 3.05) is 17.7 Å². The van der Waals surface area contributed by atoms with Crippen LogP contribution in [0, 0.1) is 5.92 Å². The number of hydrogen-bond donors (Lipinski definition) is 3. The van der Waals surface area contributed by atoms with Crippen LogP contribution in [0.2, 0.25) is 0 Å². The van der Waals surface area contributed by atoms with Crippen molar-refractivity contribution in [1.82, 2.24) is 19.5 Å². The van der Waals surface area contributed by atoms with Gasteiger partial charge in [0.25, 0.3) is 0 Å². The van der Waals surface area contributed by atoms with Gasteiger partial charge in [-0.05, 0) is 24.8 Å². The van der Waals surface area contributed by atoms with E-state index in [-0.39, 0.29) is 18.5 Å². The molecular weight excluding hydrogens is 256 g/mol. The average Bonchev–Trinajstić information content (AvgIpc) is 3.32. The molecule has 2 aliphatic rings. The molecule has 0 saturated heterocycles. The molecule has 20 heavy (non-hydrogen) atoms. The summed E-state index contributed by atoms with van der Waals surface area (Å²) in [7, 11) is 0. The standard InChI is InChI=1S/C13H16N6O/c14-13-17-11(16-9-1-2-9)10-12(18-13)19(6-15-10)4-7-3-8(7)5-20/h4,6,8-9,20H,1-3,5H2,(H3,14,16,17,18). The summed E-state index contributed by atoms with van der Waals surface area (Å²) in [5.74, 6) is 1.24. The lowest BCUT2D eigenvalue weighted by Crippen LogP contribution is -2.07. The number of nitrogens with two attached hydrogens (primary N) is 1. The van der Waals surface area contributed by atoms with E-state index in [1.54, 1.807) is 6.33 Å². The maximum Gasteiger partial charge on any atom is 0.224 e. The number of anilines is 2. The third-order valence-corrected chi connectivity index (χ3v) is 3.73. The number of rotatable bonds is 4. The van der Waals surface area contributed by atoms with Gasteiger partial charge in [-0.1, -0.05) is 0 Å². The Balaban J connectivity index is 1.75. The number of hydrogen-bond acceptors (Lipinski definition) is 6. The number of imidazole rings is 1. The zero-order valence-corrected chi connectivity index (χ0v) is 11.0. The molecule has 7 nitrogen and oxygen atoms in total. The minimum Gasteiger partial charge on any atom is -0.396 e. The molecule has 1 atom stereocenters. The van der Waals surface area contributed by atoms with E-state index >= 15 is 0 Å². The van der Waals surface area contributed by atoms with Crippen LogP contribution in [0.1, 0.15) is 19.3 Å². The number of nitrogens with one attached hydrogen (secondary N) is 1. The molecular formula is C13H16N6O. The Morgan fingerprint density at radius 3 is 3.00 bits per heavy atom. The number of fused-ring (bicyclic) bond motifs is 1. The van der Waals surface area contributed by atoms with Crippen molar-refractivity contribution in [1.29, 1.82) is 0 Å². The largest absolute Gasteiger partial charge is 0.396 e. The maximum absolute atomic E-state index is 9.09. The van der Waals surface area contributed by atoms with Crippen molar-refractivity contribution < 1.29 is 5.11 Å². The molecule has 4 N–H and O–H groups in total. The Kier molecular flexibility index (Phi) is 2.43. The van der Waals surface area contributed by atoms with Gasteiger partial charge < -0.3 is 16.2 Å². The highest BCUT2D eigenvalue weighted by atomic mass is 16.3. The van der Waals surface area contributed by atoms with Crippen molar-refractivity contribution >= 4 is 29.1 Å². The Labute approximate surface area is 115 Å². The minimum atomic E-state index is 0.198. The fourth-order valence-corrected chi connectivity index (χ4v) is 2.29. The van der Waals surface area contributed by atoms with Gasteiger partial charge in [0, 0.05) is 24.8 Å². The third-order valence-electron chi connectivity index (χ3n) is 3.73. The lowest BCUT2D eigenvalue weighted by molar-refractivity contribution is 0.281. The highest BCUT2D eigenvalue weighted by molar-refractivity contribution is 5.85. The van der Waals surface area contributed by atoms with Gasteiger partial charge in [-0.3, -0.25) is 4.57 Å². The molecule has 0 radical (unpaired) electrons. The van der Waals surface area contributed by atoms with Crippen LogP contribution in [0.15, 0.2) is 11.9 Å². The Morgan fingerprint density at radius 1 is 1.45 bits per heavy atom. The van der Waals surface area contributed by atoms with E-state index in [4.69, 9.17) is 10.8 Å². The Hall–Kier alpha value is -2.15. The monoisotopic (exact) mass is 272 g/mol. The van der Waals surface area contributed by atoms with Gasteiger partial charge in [0.1, 0.15) is 6.33 Å². The number of aromatic nitrogens is 4. The Bertz CT molecular complexity index is 702. The minimum absolute atomic E-state index is 0.198. The summed E-state index contributed by atoms with van der Waals surface area (Å²) in [5, 5.41) is 12.4. The van der Waals surface area contributed by atoms with E-state index in [0.717, 1.165) is 24.8 Å². The predicted molar refractivity (Wildman–Crippen MR) is 75.8 cm³/mol. The van der Waals surface area contributed by atoms with Gasteiger partial charge >= 0.3 is 0 Å². The molecule has 2 saturated carbocycles. The molecule has 2 aromatic heterocycles. The zero-order chi connectivity index (χ0) is 13.7. The first-order valence-electron chi connectivity index (χ1n) is 6.82. The van der Waals surface area contributed by atoms with E-state index in [9.17, 15) is 0 Å². The lowest BCUT2D eigenvalue weighted by atomic mass is 10.4. The van der Waals surface area contributed by atoms with Gasteiger partial charge in [0.05, 0.1) is 0 Å². The van der Waals surface area contributed by atoms with Crippen LogP contribution in [0.3, 0.4) is 0 Å². The first kappa shape index (κ1) is 11.7. The van der Waals surface area contributed by atoms with Gasteiger partial charge in [-0.15, -0.1) is 0 Å². The topological polar surface area (TPSA) is 102 Å². The summed E-state index contributed by atoms with van der Waals surface area (Å²) in [4.78, 5) is 12.9.